The minimum absolute atomic E-state index is 0.144. The average molecular weight is 911 g/mol. The van der Waals surface area contributed by atoms with Crippen LogP contribution < -0.4 is 14.2 Å². The van der Waals surface area contributed by atoms with Crippen molar-refractivity contribution < 1.29 is 39.1 Å². The third kappa shape index (κ3) is 12.6. The molecule has 8 aromatic rings. The molecule has 0 spiro atoms. The Labute approximate surface area is 402 Å². The zero-order valence-electron chi connectivity index (χ0n) is 38.0. The summed E-state index contributed by atoms with van der Waals surface area (Å²) in [4.78, 5) is 23.2. The first kappa shape index (κ1) is 47.8. The molecule has 0 unspecified atom stereocenters. The van der Waals surface area contributed by atoms with E-state index in [0.717, 1.165) is 91.1 Å². The summed E-state index contributed by atoms with van der Waals surface area (Å²) >= 11 is 0. The molecule has 0 bridgehead atoms. The van der Waals surface area contributed by atoms with Crippen molar-refractivity contribution in [3.63, 3.8) is 0 Å². The number of phenols is 3. The monoisotopic (exact) mass is 910 g/mol. The summed E-state index contributed by atoms with van der Waals surface area (Å²) in [6.07, 6.45) is 3.22. The van der Waals surface area contributed by atoms with Crippen LogP contribution in [-0.4, -0.2) is 33.9 Å². The van der Waals surface area contributed by atoms with Crippen molar-refractivity contribution in [3.8, 4) is 34.5 Å². The van der Waals surface area contributed by atoms with Gasteiger partial charge in [0, 0.05) is 12.2 Å². The zero-order valence-corrected chi connectivity index (χ0v) is 38.0. The van der Waals surface area contributed by atoms with Gasteiger partial charge < -0.3 is 29.5 Å². The van der Waals surface area contributed by atoms with Crippen LogP contribution in [0.15, 0.2) is 232 Å². The Morgan fingerprint density at radius 1 is 0.377 bits per heavy atom. The molecule has 69 heavy (non-hydrogen) atoms. The predicted octanol–water partition coefficient (Wildman–Crippen LogP) is 13.5. The molecule has 0 fully saturated rings. The highest BCUT2D eigenvalue weighted by Gasteiger charge is 2.19. The smallest absolute Gasteiger partial charge is 0.335 e. The van der Waals surface area contributed by atoms with E-state index in [1.54, 1.807) is 48.5 Å². The fraction of sp³-hybridized carbons (Fsp3) is 0.0492. The van der Waals surface area contributed by atoms with Crippen LogP contribution in [0.25, 0.3) is 22.3 Å². The number of benzene rings is 8. The topological polar surface area (TPSA) is 123 Å². The zero-order chi connectivity index (χ0) is 48.5. The number of hydrogen-bond acceptors (Lipinski definition) is 8. The van der Waals surface area contributed by atoms with Crippen LogP contribution in [0.4, 0.5) is 0 Å². The molecule has 342 valence electrons. The van der Waals surface area contributed by atoms with Crippen LogP contribution in [-0.2, 0) is 9.59 Å². The minimum Gasteiger partial charge on any atom is -0.508 e. The van der Waals surface area contributed by atoms with Gasteiger partial charge in [-0.3, -0.25) is 0 Å². The van der Waals surface area contributed by atoms with E-state index < -0.39 is 11.9 Å². The van der Waals surface area contributed by atoms with Gasteiger partial charge in [-0.05, 0) is 146 Å². The van der Waals surface area contributed by atoms with Gasteiger partial charge in [0.25, 0.3) is 0 Å². The van der Waals surface area contributed by atoms with Gasteiger partial charge in [-0.15, -0.1) is 0 Å². The maximum atomic E-state index is 11.6. The number of phenolic OH excluding ortho intramolecular Hbond substituents is 3. The van der Waals surface area contributed by atoms with Gasteiger partial charge in [-0.25, -0.2) is 9.59 Å². The van der Waals surface area contributed by atoms with Crippen LogP contribution in [0.2, 0.25) is 0 Å². The maximum Gasteiger partial charge on any atom is 0.335 e. The molecule has 3 N–H and O–H groups in total. The molecule has 0 saturated heterocycles. The maximum absolute atomic E-state index is 11.6. The third-order valence-electron chi connectivity index (χ3n) is 10.8. The first-order valence-corrected chi connectivity index (χ1v) is 22.2. The van der Waals surface area contributed by atoms with Crippen molar-refractivity contribution in [2.24, 2.45) is 0 Å². The lowest BCUT2D eigenvalue weighted by Crippen LogP contribution is -2.03. The molecule has 0 aliphatic heterocycles. The van der Waals surface area contributed by atoms with Crippen LogP contribution in [0.3, 0.4) is 0 Å². The largest absolute Gasteiger partial charge is 0.508 e. The molecule has 0 aromatic heterocycles. The number of carbonyl (C=O) groups excluding carboxylic acids is 2. The quantitative estimate of drug-likeness (QED) is 0.0402. The van der Waals surface area contributed by atoms with E-state index in [4.69, 9.17) is 14.2 Å². The van der Waals surface area contributed by atoms with Crippen molar-refractivity contribution in [1.29, 1.82) is 0 Å². The first-order valence-electron chi connectivity index (χ1n) is 22.2. The lowest BCUT2D eigenvalue weighted by atomic mass is 9.85. The molecule has 0 atom stereocenters. The summed E-state index contributed by atoms with van der Waals surface area (Å²) in [5, 5.41) is 29.6. The van der Waals surface area contributed by atoms with E-state index >= 15 is 0 Å². The number of hydrogen-bond donors (Lipinski definition) is 3. The number of aromatic hydroxyl groups is 3. The lowest BCUT2D eigenvalue weighted by Gasteiger charge is -2.18. The SMILES string of the molecule is C=CC(=O)Oc1ccc(/C(=C(\c2ccccc2)c2ccc(OCCC)cc2)c2ccccc2)cc1.C=CC(=O)Oc1ccc(C(=C(c2ccc(O)cc2)c2ccc(O)cc2)c2ccc(O)cc2)cc1. The van der Waals surface area contributed by atoms with Crippen molar-refractivity contribution in [2.45, 2.75) is 13.3 Å². The molecule has 0 aliphatic carbocycles. The normalized spacial score (nSPS) is 10.9. The molecule has 0 heterocycles. The highest BCUT2D eigenvalue weighted by atomic mass is 16.5. The van der Waals surface area contributed by atoms with E-state index in [-0.39, 0.29) is 17.2 Å². The van der Waals surface area contributed by atoms with Gasteiger partial charge in [-0.2, -0.15) is 0 Å². The summed E-state index contributed by atoms with van der Waals surface area (Å²) < 4.78 is 16.3. The molecular weight excluding hydrogens is 861 g/mol. The van der Waals surface area contributed by atoms with Crippen LogP contribution in [0.1, 0.15) is 57.9 Å². The summed E-state index contributed by atoms with van der Waals surface area (Å²) in [7, 11) is 0. The Morgan fingerprint density at radius 2 is 0.623 bits per heavy atom. The molecule has 8 rings (SSSR count). The molecule has 0 radical (unpaired) electrons. The van der Waals surface area contributed by atoms with E-state index in [2.05, 4.69) is 68.6 Å². The average Bonchev–Trinajstić information content (AvgIpc) is 3.39. The minimum atomic E-state index is -0.545. The summed E-state index contributed by atoms with van der Waals surface area (Å²) in [5.74, 6) is 1.13. The fourth-order valence-electron chi connectivity index (χ4n) is 7.55. The fourth-order valence-corrected chi connectivity index (χ4v) is 7.55. The van der Waals surface area contributed by atoms with Gasteiger partial charge in [-0.1, -0.05) is 154 Å². The van der Waals surface area contributed by atoms with Crippen molar-refractivity contribution in [2.75, 3.05) is 6.61 Å². The van der Waals surface area contributed by atoms with Crippen LogP contribution >= 0.6 is 0 Å². The van der Waals surface area contributed by atoms with Gasteiger partial charge in [0.2, 0.25) is 0 Å². The molecular formula is C61H50O8. The highest BCUT2D eigenvalue weighted by Crippen LogP contribution is 2.40. The number of rotatable bonds is 15. The summed E-state index contributed by atoms with van der Waals surface area (Å²) in [6.45, 7) is 9.67. The number of ether oxygens (including phenoxy) is 3. The molecule has 8 nitrogen and oxygen atoms in total. The van der Waals surface area contributed by atoms with E-state index in [1.165, 1.54) is 0 Å². The van der Waals surface area contributed by atoms with Gasteiger partial charge in [0.15, 0.2) is 0 Å². The Balaban J connectivity index is 0.000000204. The molecule has 8 heteroatoms. The lowest BCUT2D eigenvalue weighted by molar-refractivity contribution is -0.129. The Hall–Kier alpha value is -9.14. The van der Waals surface area contributed by atoms with Crippen LogP contribution in [0, 0.1) is 0 Å². The van der Waals surface area contributed by atoms with E-state index in [0.29, 0.717) is 18.1 Å². The Kier molecular flexibility index (Phi) is 16.2. The van der Waals surface area contributed by atoms with Gasteiger partial charge >= 0.3 is 11.9 Å². The Bertz CT molecular complexity index is 3000. The highest BCUT2D eigenvalue weighted by molar-refractivity contribution is 6.06. The first-order chi connectivity index (χ1) is 33.6. The van der Waals surface area contributed by atoms with Crippen LogP contribution in [0.5, 0.6) is 34.5 Å². The second-order valence-electron chi connectivity index (χ2n) is 15.5. The van der Waals surface area contributed by atoms with Gasteiger partial charge in [0.1, 0.15) is 34.5 Å². The molecule has 0 aliphatic rings. The molecule has 8 aromatic carbocycles. The van der Waals surface area contributed by atoms with Crippen molar-refractivity contribution in [3.05, 3.63) is 276 Å². The van der Waals surface area contributed by atoms with Crippen molar-refractivity contribution in [1.82, 2.24) is 0 Å². The molecule has 0 saturated carbocycles. The van der Waals surface area contributed by atoms with E-state index in [9.17, 15) is 24.9 Å². The Morgan fingerprint density at radius 3 is 0.884 bits per heavy atom. The molecule has 0 amide bonds. The van der Waals surface area contributed by atoms with Crippen molar-refractivity contribution >= 4 is 34.2 Å². The second-order valence-corrected chi connectivity index (χ2v) is 15.5. The second kappa shape index (κ2) is 23.4. The summed E-state index contributed by atoms with van der Waals surface area (Å²) in [5.41, 5.74) is 11.5. The third-order valence-corrected chi connectivity index (χ3v) is 10.8. The van der Waals surface area contributed by atoms with E-state index in [1.807, 2.05) is 109 Å². The number of esters is 2. The standard InChI is InChI=1S/C32H28O3.C29H22O5/c1-3-23-34-28-19-15-26(16-20-28)31(24-11-7-5-8-12-24)32(25-13-9-6-10-14-25)27-17-21-29(22-18-27)35-30(33)4-2;1-2-27(33)34-26-17-9-22(10-18-26)29(21-7-15-25(32)16-8-21)28(19-3-11-23(30)12-4-19)20-5-13-24(31)14-6-20/h4-22H,2-3,23H2,1H3;2-18,30-32H,1H2/b32-31+;. The predicted molar refractivity (Wildman–Crippen MR) is 274 cm³/mol. The summed E-state index contributed by atoms with van der Waals surface area (Å²) in [6, 6.07) is 64.2. The van der Waals surface area contributed by atoms with Gasteiger partial charge in [0.05, 0.1) is 6.61 Å². The number of carbonyl (C=O) groups is 2.